The number of oxazole rings is 1. The lowest BCUT2D eigenvalue weighted by Gasteiger charge is -2.01. The number of nitrogens with zero attached hydrogens (tertiary/aromatic N) is 3. The fourth-order valence-electron chi connectivity index (χ4n) is 2.09. The van der Waals surface area contributed by atoms with Gasteiger partial charge in [-0.2, -0.15) is 0 Å². The zero-order valence-electron chi connectivity index (χ0n) is 13.9. The van der Waals surface area contributed by atoms with Crippen LogP contribution in [-0.4, -0.2) is 26.8 Å². The van der Waals surface area contributed by atoms with Crippen LogP contribution in [0, 0.1) is 0 Å². The van der Waals surface area contributed by atoms with Crippen molar-refractivity contribution in [2.24, 2.45) is 0 Å². The van der Waals surface area contributed by atoms with Crippen LogP contribution in [0.5, 0.6) is 0 Å². The Hall–Kier alpha value is -1.87. The van der Waals surface area contributed by atoms with Crippen molar-refractivity contribution in [3.8, 4) is 11.3 Å². The highest BCUT2D eigenvalue weighted by molar-refractivity contribution is 8.01. The molecule has 3 aromatic rings. The molecule has 0 aliphatic rings. The van der Waals surface area contributed by atoms with Crippen molar-refractivity contribution < 1.29 is 9.21 Å². The molecule has 0 aliphatic carbocycles. The molecule has 1 N–H and O–H groups in total. The highest BCUT2D eigenvalue weighted by Gasteiger charge is 2.13. The molecule has 0 radical (unpaired) electrons. The Balaban J connectivity index is 1.54. The zero-order chi connectivity index (χ0) is 19.2. The molecule has 10 heteroatoms. The number of benzene rings is 1. The van der Waals surface area contributed by atoms with Gasteiger partial charge in [-0.3, -0.25) is 4.79 Å². The first kappa shape index (κ1) is 19.9. The fourth-order valence-corrected chi connectivity index (χ4v) is 4.12. The van der Waals surface area contributed by atoms with Crippen LogP contribution in [0.1, 0.15) is 12.3 Å². The minimum atomic E-state index is -0.185. The highest BCUT2D eigenvalue weighted by atomic mass is 35.5. The Labute approximate surface area is 174 Å². The molecule has 0 spiro atoms. The molecular weight excluding hydrogens is 427 g/mol. The third-order valence-electron chi connectivity index (χ3n) is 3.29. The van der Waals surface area contributed by atoms with Gasteiger partial charge in [0.2, 0.25) is 11.0 Å². The van der Waals surface area contributed by atoms with Crippen LogP contribution in [0.3, 0.4) is 0 Å². The van der Waals surface area contributed by atoms with Crippen molar-refractivity contribution in [1.29, 1.82) is 0 Å². The molecule has 0 unspecified atom stereocenters. The molecule has 0 saturated heterocycles. The smallest absolute Gasteiger partial charge is 0.226 e. The van der Waals surface area contributed by atoms with Crippen LogP contribution in [0.25, 0.3) is 11.3 Å². The predicted octanol–water partition coefficient (Wildman–Crippen LogP) is 5.35. The van der Waals surface area contributed by atoms with Gasteiger partial charge in [-0.05, 0) is 18.2 Å². The number of halogens is 2. The summed E-state index contributed by atoms with van der Waals surface area (Å²) in [5.74, 6) is 1.54. The second-order valence-electron chi connectivity index (χ2n) is 5.26. The Kier molecular flexibility index (Phi) is 6.89. The van der Waals surface area contributed by atoms with E-state index in [1.54, 1.807) is 30.5 Å². The average Bonchev–Trinajstić information content (AvgIpc) is 3.28. The second kappa shape index (κ2) is 9.36. The predicted molar refractivity (Wildman–Crippen MR) is 110 cm³/mol. The first-order chi connectivity index (χ1) is 13.0. The van der Waals surface area contributed by atoms with Gasteiger partial charge in [0.1, 0.15) is 0 Å². The summed E-state index contributed by atoms with van der Waals surface area (Å²) < 4.78 is 6.46. The van der Waals surface area contributed by atoms with Gasteiger partial charge >= 0.3 is 0 Å². The van der Waals surface area contributed by atoms with Gasteiger partial charge in [-0.15, -0.1) is 16.8 Å². The maximum absolute atomic E-state index is 12.1. The number of carbonyl (C=O) groups is 1. The van der Waals surface area contributed by atoms with Crippen molar-refractivity contribution in [3.63, 3.8) is 0 Å². The molecule has 0 atom stereocenters. The van der Waals surface area contributed by atoms with Gasteiger partial charge in [-0.25, -0.2) is 4.98 Å². The van der Waals surface area contributed by atoms with Crippen molar-refractivity contribution >= 4 is 57.3 Å². The minimum Gasteiger partial charge on any atom is -0.441 e. The molecule has 6 nitrogen and oxygen atoms in total. The number of hydrogen-bond donors (Lipinski definition) is 1. The van der Waals surface area contributed by atoms with Crippen LogP contribution in [0.15, 0.2) is 45.8 Å². The first-order valence-electron chi connectivity index (χ1n) is 7.82. The SMILES string of the molecule is C=CCSc1nnc(NC(=O)CCc2ncc(-c3ccc(Cl)cc3Cl)o2)s1. The molecule has 0 saturated carbocycles. The number of carbonyl (C=O) groups excluding carboxylic acids is 1. The zero-order valence-corrected chi connectivity index (χ0v) is 17.1. The third-order valence-corrected chi connectivity index (χ3v) is 5.81. The maximum Gasteiger partial charge on any atom is 0.226 e. The normalized spacial score (nSPS) is 10.7. The molecule has 2 heterocycles. The summed E-state index contributed by atoms with van der Waals surface area (Å²) in [4.78, 5) is 16.3. The fraction of sp³-hybridized carbons (Fsp3) is 0.176. The van der Waals surface area contributed by atoms with E-state index < -0.39 is 0 Å². The summed E-state index contributed by atoms with van der Waals surface area (Å²) in [7, 11) is 0. The number of hydrogen-bond acceptors (Lipinski definition) is 7. The number of aromatic nitrogens is 3. The number of aryl methyl sites for hydroxylation is 1. The van der Waals surface area contributed by atoms with E-state index in [1.807, 2.05) is 0 Å². The third kappa shape index (κ3) is 5.55. The number of rotatable bonds is 8. The average molecular weight is 441 g/mol. The lowest BCUT2D eigenvalue weighted by atomic mass is 10.2. The largest absolute Gasteiger partial charge is 0.441 e. The Bertz CT molecular complexity index is 958. The van der Waals surface area contributed by atoms with Crippen LogP contribution in [0.2, 0.25) is 10.0 Å². The molecule has 3 rings (SSSR count). The standard InChI is InChI=1S/C17H14Cl2N4O2S2/c1-2-7-26-17-23-22-16(27-17)21-14(24)5-6-15-20-9-13(25-15)11-4-3-10(18)8-12(11)19/h2-4,8-9H,1,5-7H2,(H,21,22,24). The maximum atomic E-state index is 12.1. The number of thioether (sulfide) groups is 1. The topological polar surface area (TPSA) is 80.9 Å². The monoisotopic (exact) mass is 440 g/mol. The van der Waals surface area contributed by atoms with E-state index in [4.69, 9.17) is 27.6 Å². The molecule has 1 amide bonds. The number of amides is 1. The Morgan fingerprint density at radius 3 is 3.00 bits per heavy atom. The van der Waals surface area contributed by atoms with Gasteiger partial charge in [0, 0.05) is 29.2 Å². The van der Waals surface area contributed by atoms with Crippen LogP contribution < -0.4 is 5.32 Å². The van der Waals surface area contributed by atoms with Crippen molar-refractivity contribution in [1.82, 2.24) is 15.2 Å². The van der Waals surface area contributed by atoms with E-state index in [1.165, 1.54) is 23.1 Å². The first-order valence-corrected chi connectivity index (χ1v) is 10.4. The number of anilines is 1. The highest BCUT2D eigenvalue weighted by Crippen LogP contribution is 2.31. The summed E-state index contributed by atoms with van der Waals surface area (Å²) in [5.41, 5.74) is 0.697. The lowest BCUT2D eigenvalue weighted by Crippen LogP contribution is -2.12. The molecule has 0 bridgehead atoms. The summed E-state index contributed by atoms with van der Waals surface area (Å²) in [6, 6.07) is 5.12. The molecule has 27 heavy (non-hydrogen) atoms. The van der Waals surface area contributed by atoms with Crippen LogP contribution in [0.4, 0.5) is 5.13 Å². The summed E-state index contributed by atoms with van der Waals surface area (Å²) in [6.07, 6.45) is 3.93. The summed E-state index contributed by atoms with van der Waals surface area (Å²) >= 11 is 14.9. The van der Waals surface area contributed by atoms with Crippen molar-refractivity contribution in [2.75, 3.05) is 11.1 Å². The molecule has 140 valence electrons. The summed E-state index contributed by atoms with van der Waals surface area (Å²) in [5, 5.41) is 12.1. The summed E-state index contributed by atoms with van der Waals surface area (Å²) in [6.45, 7) is 3.65. The van der Waals surface area contributed by atoms with E-state index in [-0.39, 0.29) is 12.3 Å². The van der Waals surface area contributed by atoms with Gasteiger partial charge in [0.15, 0.2) is 16.0 Å². The van der Waals surface area contributed by atoms with Crippen molar-refractivity contribution in [3.05, 3.63) is 53.0 Å². The van der Waals surface area contributed by atoms with Gasteiger partial charge in [-0.1, -0.05) is 52.4 Å². The van der Waals surface area contributed by atoms with E-state index in [0.29, 0.717) is 38.8 Å². The van der Waals surface area contributed by atoms with Gasteiger partial charge in [0.05, 0.1) is 11.2 Å². The second-order valence-corrected chi connectivity index (χ2v) is 8.35. The Morgan fingerprint density at radius 1 is 1.37 bits per heavy atom. The van der Waals surface area contributed by atoms with E-state index >= 15 is 0 Å². The molecular formula is C17H14Cl2N4O2S2. The molecule has 0 aliphatic heterocycles. The Morgan fingerprint density at radius 2 is 2.22 bits per heavy atom. The van der Waals surface area contributed by atoms with Gasteiger partial charge in [0.25, 0.3) is 0 Å². The van der Waals surface area contributed by atoms with E-state index in [9.17, 15) is 4.79 Å². The quantitative estimate of drug-likeness (QED) is 0.288. The van der Waals surface area contributed by atoms with Gasteiger partial charge < -0.3 is 9.73 Å². The lowest BCUT2D eigenvalue weighted by molar-refractivity contribution is -0.116. The van der Waals surface area contributed by atoms with Crippen LogP contribution >= 0.6 is 46.3 Å². The minimum absolute atomic E-state index is 0.185. The number of nitrogens with one attached hydrogen (secondary N) is 1. The van der Waals surface area contributed by atoms with E-state index in [0.717, 1.165) is 10.1 Å². The van der Waals surface area contributed by atoms with Crippen LogP contribution in [-0.2, 0) is 11.2 Å². The molecule has 1 aromatic carbocycles. The van der Waals surface area contributed by atoms with E-state index in [2.05, 4.69) is 27.1 Å². The van der Waals surface area contributed by atoms with Crippen molar-refractivity contribution in [2.45, 2.75) is 17.2 Å². The molecule has 0 fully saturated rings. The molecule has 2 aromatic heterocycles.